The first-order chi connectivity index (χ1) is 7.57. The molecule has 0 rings (SSSR count). The topological polar surface area (TPSA) is 51.2 Å². The van der Waals surface area contributed by atoms with E-state index in [-0.39, 0.29) is 30.2 Å². The van der Waals surface area contributed by atoms with Gasteiger partial charge in [0.05, 0.1) is 0 Å². The molecule has 0 aromatic heterocycles. The fraction of sp³-hybridized carbons (Fsp3) is 0.769. The molecule has 0 atom stereocenters. The van der Waals surface area contributed by atoms with E-state index < -0.39 is 0 Å². The van der Waals surface area contributed by atoms with Crippen LogP contribution in [0.3, 0.4) is 0 Å². The second kappa shape index (κ2) is 9.25. The van der Waals surface area contributed by atoms with Crippen LogP contribution in [0.15, 0.2) is 0 Å². The van der Waals surface area contributed by atoms with Crippen LogP contribution in [0, 0.1) is 0 Å². The Balaban J connectivity index is 3.55. The zero-order valence-electron chi connectivity index (χ0n) is 10.4. The Bertz CT molecular complexity index is 244. The quantitative estimate of drug-likeness (QED) is 0.425. The summed E-state index contributed by atoms with van der Waals surface area (Å²) in [5, 5.41) is 0. The summed E-state index contributed by atoms with van der Waals surface area (Å²) < 4.78 is 0. The van der Waals surface area contributed by atoms with Gasteiger partial charge in [-0.3, -0.25) is 9.59 Å². The minimum absolute atomic E-state index is 0.0379. The molecule has 0 aromatic carbocycles. The van der Waals surface area contributed by atoms with Crippen LogP contribution in [0.1, 0.15) is 65.2 Å². The van der Waals surface area contributed by atoms with Gasteiger partial charge in [0.15, 0.2) is 11.6 Å². The van der Waals surface area contributed by atoms with Crippen LogP contribution in [-0.4, -0.2) is 17.3 Å². The molecule has 3 heteroatoms. The lowest BCUT2D eigenvalue weighted by atomic mass is 10.0. The standard InChI is InChI=1S/C13H22O3/c1-3-4-5-6-7-8-12(15)13(16)10-9-11(2)14/h3-10H2,1-2H3. The Kier molecular flexibility index (Phi) is 8.68. The van der Waals surface area contributed by atoms with Gasteiger partial charge in [0.25, 0.3) is 0 Å². The molecule has 16 heavy (non-hydrogen) atoms. The van der Waals surface area contributed by atoms with Crippen molar-refractivity contribution < 1.29 is 14.4 Å². The van der Waals surface area contributed by atoms with Crippen molar-refractivity contribution in [2.75, 3.05) is 0 Å². The minimum atomic E-state index is -0.384. The van der Waals surface area contributed by atoms with E-state index in [1.54, 1.807) is 0 Å². The zero-order chi connectivity index (χ0) is 12.4. The average Bonchev–Trinajstić information content (AvgIpc) is 2.25. The van der Waals surface area contributed by atoms with Gasteiger partial charge in [-0.05, 0) is 13.3 Å². The van der Waals surface area contributed by atoms with E-state index in [0.717, 1.165) is 19.3 Å². The number of rotatable bonds is 10. The minimum Gasteiger partial charge on any atom is -0.300 e. The maximum Gasteiger partial charge on any atom is 0.198 e. The normalized spacial score (nSPS) is 10.1. The maximum atomic E-state index is 11.3. The second-order valence-corrected chi connectivity index (χ2v) is 4.21. The number of unbranched alkanes of at least 4 members (excludes halogenated alkanes) is 4. The van der Waals surface area contributed by atoms with E-state index in [4.69, 9.17) is 0 Å². The highest BCUT2D eigenvalue weighted by molar-refractivity contribution is 6.37. The Labute approximate surface area is 97.6 Å². The molecule has 0 aliphatic rings. The second-order valence-electron chi connectivity index (χ2n) is 4.21. The number of hydrogen-bond acceptors (Lipinski definition) is 3. The van der Waals surface area contributed by atoms with Gasteiger partial charge >= 0.3 is 0 Å². The van der Waals surface area contributed by atoms with E-state index in [1.807, 2.05) is 0 Å². The number of ketones is 3. The highest BCUT2D eigenvalue weighted by Gasteiger charge is 2.13. The summed E-state index contributed by atoms with van der Waals surface area (Å²) in [6.45, 7) is 3.57. The molecule has 0 spiro atoms. The fourth-order valence-electron chi connectivity index (χ4n) is 1.46. The molecule has 3 nitrogen and oxygen atoms in total. The SMILES string of the molecule is CCCCCCCC(=O)C(=O)CCC(C)=O. The third-order valence-electron chi connectivity index (χ3n) is 2.52. The molecular weight excluding hydrogens is 204 g/mol. The van der Waals surface area contributed by atoms with E-state index in [1.165, 1.54) is 19.8 Å². The number of Topliss-reactive ketones (excluding diaryl/α,β-unsaturated/α-hetero) is 3. The van der Waals surface area contributed by atoms with Gasteiger partial charge in [-0.1, -0.05) is 32.6 Å². The van der Waals surface area contributed by atoms with Crippen molar-refractivity contribution >= 4 is 17.3 Å². The zero-order valence-corrected chi connectivity index (χ0v) is 10.4. The summed E-state index contributed by atoms with van der Waals surface area (Å²) >= 11 is 0. The highest BCUT2D eigenvalue weighted by Crippen LogP contribution is 2.06. The van der Waals surface area contributed by atoms with Gasteiger partial charge in [0, 0.05) is 19.3 Å². The van der Waals surface area contributed by atoms with E-state index >= 15 is 0 Å². The predicted octanol–water partition coefficient (Wildman–Crippen LogP) is 2.85. The van der Waals surface area contributed by atoms with Crippen LogP contribution in [-0.2, 0) is 14.4 Å². The molecular formula is C13H22O3. The van der Waals surface area contributed by atoms with Crippen molar-refractivity contribution in [2.24, 2.45) is 0 Å². The lowest BCUT2D eigenvalue weighted by molar-refractivity contribution is -0.137. The van der Waals surface area contributed by atoms with Crippen molar-refractivity contribution in [1.29, 1.82) is 0 Å². The summed E-state index contributed by atoms with van der Waals surface area (Å²) in [4.78, 5) is 33.2. The molecule has 92 valence electrons. The summed E-state index contributed by atoms with van der Waals surface area (Å²) in [5.41, 5.74) is 0. The van der Waals surface area contributed by atoms with Crippen LogP contribution in [0.25, 0.3) is 0 Å². The van der Waals surface area contributed by atoms with E-state index in [0.29, 0.717) is 6.42 Å². The van der Waals surface area contributed by atoms with Crippen LogP contribution < -0.4 is 0 Å². The van der Waals surface area contributed by atoms with Gasteiger partial charge in [0.2, 0.25) is 0 Å². The van der Waals surface area contributed by atoms with Gasteiger partial charge in [-0.2, -0.15) is 0 Å². The first-order valence-corrected chi connectivity index (χ1v) is 6.13. The predicted molar refractivity (Wildman–Crippen MR) is 63.3 cm³/mol. The Morgan fingerprint density at radius 3 is 1.88 bits per heavy atom. The smallest absolute Gasteiger partial charge is 0.198 e. The van der Waals surface area contributed by atoms with Gasteiger partial charge in [-0.25, -0.2) is 0 Å². The molecule has 0 amide bonds. The van der Waals surface area contributed by atoms with Crippen LogP contribution >= 0.6 is 0 Å². The highest BCUT2D eigenvalue weighted by atomic mass is 16.2. The Morgan fingerprint density at radius 2 is 1.31 bits per heavy atom. The van der Waals surface area contributed by atoms with Crippen molar-refractivity contribution in [3.8, 4) is 0 Å². The Morgan fingerprint density at radius 1 is 0.750 bits per heavy atom. The van der Waals surface area contributed by atoms with Crippen molar-refractivity contribution in [1.82, 2.24) is 0 Å². The lowest BCUT2D eigenvalue weighted by Gasteiger charge is -2.00. The molecule has 0 N–H and O–H groups in total. The average molecular weight is 226 g/mol. The molecule has 0 radical (unpaired) electrons. The molecule has 0 bridgehead atoms. The van der Waals surface area contributed by atoms with Crippen LogP contribution in [0.2, 0.25) is 0 Å². The molecule has 0 aromatic rings. The molecule has 0 fully saturated rings. The molecule has 0 aliphatic heterocycles. The van der Waals surface area contributed by atoms with Crippen molar-refractivity contribution in [3.63, 3.8) is 0 Å². The van der Waals surface area contributed by atoms with Crippen LogP contribution in [0.4, 0.5) is 0 Å². The first kappa shape index (κ1) is 15.0. The third-order valence-corrected chi connectivity index (χ3v) is 2.52. The summed E-state index contributed by atoms with van der Waals surface area (Å²) in [7, 11) is 0. The van der Waals surface area contributed by atoms with Crippen LogP contribution in [0.5, 0.6) is 0 Å². The molecule has 0 saturated heterocycles. The summed E-state index contributed by atoms with van der Waals surface area (Å²) in [6, 6.07) is 0. The number of hydrogen-bond donors (Lipinski definition) is 0. The molecule has 0 saturated carbocycles. The maximum absolute atomic E-state index is 11.3. The van der Waals surface area contributed by atoms with E-state index in [2.05, 4.69) is 6.92 Å². The summed E-state index contributed by atoms with van der Waals surface area (Å²) in [6.07, 6.45) is 5.93. The lowest BCUT2D eigenvalue weighted by Crippen LogP contribution is -2.14. The number of carbonyl (C=O) groups is 3. The monoisotopic (exact) mass is 226 g/mol. The van der Waals surface area contributed by atoms with Gasteiger partial charge in [-0.15, -0.1) is 0 Å². The van der Waals surface area contributed by atoms with Gasteiger partial charge < -0.3 is 4.79 Å². The largest absolute Gasteiger partial charge is 0.300 e. The molecule has 0 unspecified atom stereocenters. The van der Waals surface area contributed by atoms with E-state index in [9.17, 15) is 14.4 Å². The number of carbonyl (C=O) groups excluding carboxylic acids is 3. The molecule has 0 aliphatic carbocycles. The van der Waals surface area contributed by atoms with Crippen molar-refractivity contribution in [2.45, 2.75) is 65.2 Å². The van der Waals surface area contributed by atoms with Gasteiger partial charge in [0.1, 0.15) is 5.78 Å². The molecule has 0 heterocycles. The van der Waals surface area contributed by atoms with Crippen molar-refractivity contribution in [3.05, 3.63) is 0 Å². The third kappa shape index (κ3) is 8.33. The Hall–Kier alpha value is -0.990. The summed E-state index contributed by atoms with van der Waals surface area (Å²) in [5.74, 6) is -0.729. The fourth-order valence-corrected chi connectivity index (χ4v) is 1.46. The first-order valence-electron chi connectivity index (χ1n) is 6.13.